The molecule has 0 unspecified atom stereocenters. The molecule has 4 aromatic carbocycles. The third kappa shape index (κ3) is 8.86. The highest BCUT2D eigenvalue weighted by Gasteiger charge is 2.35. The van der Waals surface area contributed by atoms with Gasteiger partial charge in [0, 0.05) is 24.0 Å². The summed E-state index contributed by atoms with van der Waals surface area (Å²) < 4.78 is 35.2. The van der Waals surface area contributed by atoms with Gasteiger partial charge in [0.25, 0.3) is 10.0 Å². The van der Waals surface area contributed by atoms with Crippen LogP contribution in [0.3, 0.4) is 0 Å². The van der Waals surface area contributed by atoms with Crippen molar-refractivity contribution in [2.45, 2.75) is 50.7 Å². The van der Waals surface area contributed by atoms with Crippen molar-refractivity contribution in [1.82, 2.24) is 10.2 Å². The molecule has 0 aromatic heterocycles. The van der Waals surface area contributed by atoms with Crippen molar-refractivity contribution in [1.29, 1.82) is 0 Å². The van der Waals surface area contributed by atoms with Crippen LogP contribution in [0.25, 0.3) is 0 Å². The van der Waals surface area contributed by atoms with Crippen LogP contribution in [0.1, 0.15) is 31.9 Å². The fraction of sp³-hybridized carbons (Fsp3) is 0.257. The van der Waals surface area contributed by atoms with Gasteiger partial charge in [0.1, 0.15) is 18.3 Å². The van der Waals surface area contributed by atoms with E-state index in [9.17, 15) is 18.0 Å². The van der Waals surface area contributed by atoms with Crippen molar-refractivity contribution in [3.8, 4) is 5.75 Å². The average molecular weight is 648 g/mol. The molecule has 0 saturated carbocycles. The van der Waals surface area contributed by atoms with Gasteiger partial charge in [-0.2, -0.15) is 0 Å². The van der Waals surface area contributed by atoms with E-state index in [1.54, 1.807) is 67.6 Å². The number of rotatable bonds is 14. The second kappa shape index (κ2) is 15.6. The van der Waals surface area contributed by atoms with Crippen molar-refractivity contribution in [2.24, 2.45) is 0 Å². The molecule has 0 saturated heterocycles. The van der Waals surface area contributed by atoms with Crippen LogP contribution in [0.5, 0.6) is 5.75 Å². The summed E-state index contributed by atoms with van der Waals surface area (Å²) in [5.41, 5.74) is 1.75. The van der Waals surface area contributed by atoms with Crippen LogP contribution in [0.15, 0.2) is 114 Å². The van der Waals surface area contributed by atoms with Gasteiger partial charge in [-0.1, -0.05) is 84.4 Å². The SMILES string of the molecule is CCOc1ccccc1N(CC(=O)N(Cc1cccc(Cl)c1)[C@H](Cc1ccccc1)C(=O)NC(C)C)S(=O)(=O)c1ccccc1. The average Bonchev–Trinajstić information content (AvgIpc) is 3.02. The number of ether oxygens (including phenoxy) is 1. The predicted molar refractivity (Wildman–Crippen MR) is 178 cm³/mol. The highest BCUT2D eigenvalue weighted by atomic mass is 35.5. The lowest BCUT2D eigenvalue weighted by Crippen LogP contribution is -2.54. The van der Waals surface area contributed by atoms with Crippen molar-refractivity contribution >= 4 is 39.1 Å². The Bertz CT molecular complexity index is 1680. The van der Waals surface area contributed by atoms with Crippen molar-refractivity contribution in [3.63, 3.8) is 0 Å². The van der Waals surface area contributed by atoms with Crippen molar-refractivity contribution in [2.75, 3.05) is 17.5 Å². The molecule has 0 spiro atoms. The first-order valence-corrected chi connectivity index (χ1v) is 16.6. The fourth-order valence-corrected chi connectivity index (χ4v) is 6.60. The third-order valence-electron chi connectivity index (χ3n) is 6.99. The zero-order chi connectivity index (χ0) is 32.4. The minimum Gasteiger partial charge on any atom is -0.492 e. The van der Waals surface area contributed by atoms with E-state index in [-0.39, 0.29) is 35.5 Å². The number of carbonyl (C=O) groups excluding carboxylic acids is 2. The Morgan fingerprint density at radius 2 is 1.47 bits per heavy atom. The first-order chi connectivity index (χ1) is 21.6. The van der Waals surface area contributed by atoms with E-state index in [1.165, 1.54) is 17.0 Å². The lowest BCUT2D eigenvalue weighted by atomic mass is 10.0. The quantitative estimate of drug-likeness (QED) is 0.179. The molecule has 236 valence electrons. The summed E-state index contributed by atoms with van der Waals surface area (Å²) in [5.74, 6) is -0.607. The van der Waals surface area contributed by atoms with Gasteiger partial charge in [0.05, 0.1) is 17.2 Å². The topological polar surface area (TPSA) is 96.0 Å². The molecular weight excluding hydrogens is 610 g/mol. The highest BCUT2D eigenvalue weighted by molar-refractivity contribution is 7.92. The van der Waals surface area contributed by atoms with E-state index in [0.29, 0.717) is 22.9 Å². The van der Waals surface area contributed by atoms with E-state index in [2.05, 4.69) is 5.32 Å². The number of benzene rings is 4. The van der Waals surface area contributed by atoms with Gasteiger partial charge in [-0.25, -0.2) is 8.42 Å². The van der Waals surface area contributed by atoms with Gasteiger partial charge in [0.15, 0.2) is 0 Å². The van der Waals surface area contributed by atoms with E-state index in [0.717, 1.165) is 9.87 Å². The number of hydrogen-bond donors (Lipinski definition) is 1. The second-order valence-corrected chi connectivity index (χ2v) is 13.0. The summed E-state index contributed by atoms with van der Waals surface area (Å²) in [6, 6.07) is 29.9. The molecule has 45 heavy (non-hydrogen) atoms. The number of halogens is 1. The van der Waals surface area contributed by atoms with Crippen molar-refractivity contribution < 1.29 is 22.7 Å². The maximum absolute atomic E-state index is 14.6. The van der Waals surface area contributed by atoms with Crippen LogP contribution in [0, 0.1) is 0 Å². The molecule has 4 aromatic rings. The molecule has 2 amide bonds. The van der Waals surface area contributed by atoms with Crippen LogP contribution in [-0.4, -0.2) is 50.4 Å². The molecular formula is C35H38ClN3O5S. The molecule has 8 nitrogen and oxygen atoms in total. The van der Waals surface area contributed by atoms with E-state index < -0.39 is 28.5 Å². The number of nitrogens with one attached hydrogen (secondary N) is 1. The van der Waals surface area contributed by atoms with Gasteiger partial charge >= 0.3 is 0 Å². The summed E-state index contributed by atoms with van der Waals surface area (Å²) in [6.45, 7) is 5.22. The van der Waals surface area contributed by atoms with E-state index in [4.69, 9.17) is 16.3 Å². The molecule has 0 heterocycles. The molecule has 1 N–H and O–H groups in total. The van der Waals surface area contributed by atoms with Gasteiger partial charge in [-0.05, 0) is 68.3 Å². The second-order valence-electron chi connectivity index (χ2n) is 10.7. The zero-order valence-corrected chi connectivity index (χ0v) is 27.2. The maximum Gasteiger partial charge on any atom is 0.264 e. The summed E-state index contributed by atoms with van der Waals surface area (Å²) >= 11 is 6.30. The normalized spacial score (nSPS) is 11.9. The van der Waals surface area contributed by atoms with Crippen LogP contribution in [0.4, 0.5) is 5.69 Å². The van der Waals surface area contributed by atoms with Crippen LogP contribution >= 0.6 is 11.6 Å². The lowest BCUT2D eigenvalue weighted by molar-refractivity contribution is -0.140. The number of anilines is 1. The van der Waals surface area contributed by atoms with Gasteiger partial charge < -0.3 is 15.0 Å². The number of para-hydroxylation sites is 2. The Kier molecular flexibility index (Phi) is 11.6. The molecule has 0 aliphatic carbocycles. The zero-order valence-electron chi connectivity index (χ0n) is 25.6. The molecule has 0 aliphatic rings. The minimum absolute atomic E-state index is 0.0175. The lowest BCUT2D eigenvalue weighted by Gasteiger charge is -2.34. The van der Waals surface area contributed by atoms with Crippen LogP contribution < -0.4 is 14.4 Å². The van der Waals surface area contributed by atoms with E-state index in [1.807, 2.05) is 50.2 Å². The largest absolute Gasteiger partial charge is 0.492 e. The predicted octanol–water partition coefficient (Wildman–Crippen LogP) is 6.10. The Morgan fingerprint density at radius 1 is 0.844 bits per heavy atom. The first kappa shape index (κ1) is 33.6. The molecule has 4 rings (SSSR count). The van der Waals surface area contributed by atoms with Gasteiger partial charge in [0.2, 0.25) is 11.8 Å². The number of hydrogen-bond acceptors (Lipinski definition) is 5. The van der Waals surface area contributed by atoms with E-state index >= 15 is 0 Å². The number of amides is 2. The Morgan fingerprint density at radius 3 is 2.11 bits per heavy atom. The minimum atomic E-state index is -4.24. The third-order valence-corrected chi connectivity index (χ3v) is 9.00. The Hall–Kier alpha value is -4.34. The monoisotopic (exact) mass is 647 g/mol. The summed E-state index contributed by atoms with van der Waals surface area (Å²) in [5, 5.41) is 3.43. The van der Waals surface area contributed by atoms with Crippen LogP contribution in [0.2, 0.25) is 5.02 Å². The summed E-state index contributed by atoms with van der Waals surface area (Å²) in [7, 11) is -4.24. The molecule has 0 bridgehead atoms. The van der Waals surface area contributed by atoms with Gasteiger partial charge in [-0.15, -0.1) is 0 Å². The molecule has 0 radical (unpaired) electrons. The number of nitrogens with zero attached hydrogens (tertiary/aromatic N) is 2. The molecule has 0 aliphatic heterocycles. The summed E-state index contributed by atoms with van der Waals surface area (Å²) in [6.07, 6.45) is 0.215. The Balaban J connectivity index is 1.83. The smallest absolute Gasteiger partial charge is 0.264 e. The standard InChI is InChI=1S/C35H38ClN3O5S/c1-4-44-33-21-12-11-20-31(33)39(45(42,43)30-18-9-6-10-19-30)25-34(40)38(24-28-16-13-17-29(36)22-28)32(35(41)37-26(2)3)23-27-14-7-5-8-15-27/h5-22,26,32H,4,23-25H2,1-3H3,(H,37,41)/t32-/m1/s1. The van der Waals surface area contributed by atoms with Gasteiger partial charge in [-0.3, -0.25) is 13.9 Å². The Labute approximate surface area is 270 Å². The van der Waals surface area contributed by atoms with Crippen LogP contribution in [-0.2, 0) is 32.6 Å². The maximum atomic E-state index is 14.6. The van der Waals surface area contributed by atoms with Crippen molar-refractivity contribution in [3.05, 3.63) is 125 Å². The fourth-order valence-electron chi connectivity index (χ4n) is 4.94. The summed E-state index contributed by atoms with van der Waals surface area (Å²) in [4.78, 5) is 29.8. The first-order valence-electron chi connectivity index (χ1n) is 14.8. The molecule has 1 atom stereocenters. The number of sulfonamides is 1. The molecule has 10 heteroatoms. The molecule has 0 fully saturated rings. The number of carbonyl (C=O) groups is 2. The highest BCUT2D eigenvalue weighted by Crippen LogP contribution is 2.33.